The minimum atomic E-state index is -0.225. The van der Waals surface area contributed by atoms with E-state index in [1.165, 1.54) is 5.56 Å². The van der Waals surface area contributed by atoms with Crippen LogP contribution in [0.1, 0.15) is 23.6 Å². The van der Waals surface area contributed by atoms with Crippen molar-refractivity contribution in [3.63, 3.8) is 0 Å². The van der Waals surface area contributed by atoms with Gasteiger partial charge in [-0.1, -0.05) is 35.9 Å². The Kier molecular flexibility index (Phi) is 4.32. The van der Waals surface area contributed by atoms with Gasteiger partial charge in [-0.15, -0.1) is 0 Å². The molecule has 4 heteroatoms. The van der Waals surface area contributed by atoms with Crippen molar-refractivity contribution in [3.05, 3.63) is 58.6 Å². The van der Waals surface area contributed by atoms with E-state index in [9.17, 15) is 0 Å². The number of ether oxygens (including phenoxy) is 2. The Balaban J connectivity index is 1.72. The van der Waals surface area contributed by atoms with E-state index in [1.54, 1.807) is 6.07 Å². The molecule has 0 saturated heterocycles. The molecule has 3 rings (SSSR count). The molecular formula is C17H18ClNO2. The molecule has 1 heterocycles. The number of hydrogen-bond acceptors (Lipinski definition) is 3. The highest BCUT2D eigenvalue weighted by Crippen LogP contribution is 2.32. The van der Waals surface area contributed by atoms with Crippen LogP contribution in [-0.2, 0) is 6.42 Å². The van der Waals surface area contributed by atoms with Crippen molar-refractivity contribution >= 4 is 11.6 Å². The maximum atomic E-state index is 6.27. The van der Waals surface area contributed by atoms with Gasteiger partial charge in [0, 0.05) is 10.6 Å². The Morgan fingerprint density at radius 1 is 1.24 bits per heavy atom. The highest BCUT2D eigenvalue weighted by Gasteiger charge is 2.19. The van der Waals surface area contributed by atoms with Crippen LogP contribution in [0.5, 0.6) is 11.5 Å². The molecule has 110 valence electrons. The summed E-state index contributed by atoms with van der Waals surface area (Å²) in [7, 11) is 0. The fourth-order valence-electron chi connectivity index (χ4n) is 2.54. The van der Waals surface area contributed by atoms with E-state index in [4.69, 9.17) is 26.8 Å². The average Bonchev–Trinajstić information content (AvgIpc) is 2.52. The number of para-hydroxylation sites is 1. The Hall–Kier alpha value is -1.71. The van der Waals surface area contributed by atoms with Crippen LogP contribution in [0, 0.1) is 0 Å². The van der Waals surface area contributed by atoms with E-state index >= 15 is 0 Å². The topological polar surface area (TPSA) is 44.5 Å². The molecule has 3 nitrogen and oxygen atoms in total. The van der Waals surface area contributed by atoms with Crippen LogP contribution in [0.2, 0.25) is 5.02 Å². The van der Waals surface area contributed by atoms with Crippen molar-refractivity contribution in [2.24, 2.45) is 5.73 Å². The molecule has 0 aliphatic carbocycles. The van der Waals surface area contributed by atoms with Crippen molar-refractivity contribution in [2.75, 3.05) is 13.2 Å². The predicted octanol–water partition coefficient (Wildman–Crippen LogP) is 3.74. The average molecular weight is 304 g/mol. The van der Waals surface area contributed by atoms with Crippen LogP contribution >= 0.6 is 11.6 Å². The summed E-state index contributed by atoms with van der Waals surface area (Å²) in [6.45, 7) is 1.14. The lowest BCUT2D eigenvalue weighted by Crippen LogP contribution is -2.21. The normalized spacial score (nSPS) is 15.0. The van der Waals surface area contributed by atoms with Crippen molar-refractivity contribution in [1.82, 2.24) is 0 Å². The van der Waals surface area contributed by atoms with Gasteiger partial charge in [-0.25, -0.2) is 0 Å². The number of rotatable bonds is 4. The Morgan fingerprint density at radius 2 is 2.10 bits per heavy atom. The number of fused-ring (bicyclic) bond motifs is 1. The zero-order valence-corrected chi connectivity index (χ0v) is 12.5. The van der Waals surface area contributed by atoms with Gasteiger partial charge in [-0.2, -0.15) is 0 Å². The minimum Gasteiger partial charge on any atom is -0.493 e. The molecule has 0 saturated carbocycles. The standard InChI is InChI=1S/C17H18ClNO2/c18-13-6-2-7-14(10-13)21-11-16(19)15-8-1-4-12-5-3-9-20-17(12)15/h1-2,4,6-8,10,16H,3,5,9,11,19H2. The van der Waals surface area contributed by atoms with E-state index in [2.05, 4.69) is 6.07 Å². The van der Waals surface area contributed by atoms with Gasteiger partial charge in [-0.05, 0) is 36.6 Å². The van der Waals surface area contributed by atoms with Gasteiger partial charge in [0.05, 0.1) is 12.6 Å². The highest BCUT2D eigenvalue weighted by molar-refractivity contribution is 6.30. The molecule has 2 aromatic carbocycles. The first-order valence-corrected chi connectivity index (χ1v) is 7.50. The molecule has 2 N–H and O–H groups in total. The first kappa shape index (κ1) is 14.2. The van der Waals surface area contributed by atoms with E-state index in [-0.39, 0.29) is 6.04 Å². The molecule has 1 atom stereocenters. The number of aryl methyl sites for hydroxylation is 1. The van der Waals surface area contributed by atoms with E-state index in [0.29, 0.717) is 11.6 Å². The summed E-state index contributed by atoms with van der Waals surface area (Å²) in [4.78, 5) is 0. The maximum absolute atomic E-state index is 6.27. The summed E-state index contributed by atoms with van der Waals surface area (Å²) in [6.07, 6.45) is 2.11. The van der Waals surface area contributed by atoms with Crippen LogP contribution in [0.4, 0.5) is 0 Å². The second kappa shape index (κ2) is 6.37. The maximum Gasteiger partial charge on any atom is 0.127 e. The number of halogens is 1. The molecule has 1 aliphatic heterocycles. The summed E-state index contributed by atoms with van der Waals surface area (Å²) in [5, 5.41) is 0.654. The summed E-state index contributed by atoms with van der Waals surface area (Å²) in [6, 6.07) is 13.2. The first-order chi connectivity index (χ1) is 10.2. The van der Waals surface area contributed by atoms with Gasteiger partial charge in [0.2, 0.25) is 0 Å². The monoisotopic (exact) mass is 303 g/mol. The van der Waals surface area contributed by atoms with Gasteiger partial charge in [0.25, 0.3) is 0 Å². The summed E-state index contributed by atoms with van der Waals surface area (Å²) in [5.74, 6) is 1.66. The largest absolute Gasteiger partial charge is 0.493 e. The molecule has 0 radical (unpaired) electrons. The van der Waals surface area contributed by atoms with Crippen LogP contribution in [-0.4, -0.2) is 13.2 Å². The number of benzene rings is 2. The van der Waals surface area contributed by atoms with Gasteiger partial charge in [-0.3, -0.25) is 0 Å². The molecule has 0 spiro atoms. The zero-order chi connectivity index (χ0) is 14.7. The third-order valence-corrected chi connectivity index (χ3v) is 3.82. The summed E-state index contributed by atoms with van der Waals surface area (Å²) < 4.78 is 11.5. The molecular weight excluding hydrogens is 286 g/mol. The van der Waals surface area contributed by atoms with Gasteiger partial charge in [0.1, 0.15) is 18.1 Å². The third-order valence-electron chi connectivity index (χ3n) is 3.59. The SMILES string of the molecule is NC(COc1cccc(Cl)c1)c1cccc2c1OCCC2. The van der Waals surface area contributed by atoms with Crippen LogP contribution < -0.4 is 15.2 Å². The van der Waals surface area contributed by atoms with Crippen molar-refractivity contribution < 1.29 is 9.47 Å². The van der Waals surface area contributed by atoms with Crippen molar-refractivity contribution in [1.29, 1.82) is 0 Å². The summed E-state index contributed by atoms with van der Waals surface area (Å²) >= 11 is 5.94. The lowest BCUT2D eigenvalue weighted by Gasteiger charge is -2.23. The lowest BCUT2D eigenvalue weighted by molar-refractivity contribution is 0.266. The highest BCUT2D eigenvalue weighted by atomic mass is 35.5. The smallest absolute Gasteiger partial charge is 0.127 e. The van der Waals surface area contributed by atoms with Crippen LogP contribution in [0.3, 0.4) is 0 Å². The Bertz CT molecular complexity index is 630. The number of hydrogen-bond donors (Lipinski definition) is 1. The van der Waals surface area contributed by atoms with Gasteiger partial charge in [0.15, 0.2) is 0 Å². The minimum absolute atomic E-state index is 0.225. The Labute approximate surface area is 129 Å². The van der Waals surface area contributed by atoms with E-state index in [1.807, 2.05) is 30.3 Å². The zero-order valence-electron chi connectivity index (χ0n) is 11.7. The van der Waals surface area contributed by atoms with Gasteiger partial charge < -0.3 is 15.2 Å². The predicted molar refractivity (Wildman–Crippen MR) is 84.1 cm³/mol. The van der Waals surface area contributed by atoms with Crippen LogP contribution in [0.25, 0.3) is 0 Å². The Morgan fingerprint density at radius 3 is 2.95 bits per heavy atom. The first-order valence-electron chi connectivity index (χ1n) is 7.12. The molecule has 0 fully saturated rings. The molecule has 0 aromatic heterocycles. The molecule has 21 heavy (non-hydrogen) atoms. The van der Waals surface area contributed by atoms with Crippen molar-refractivity contribution in [2.45, 2.75) is 18.9 Å². The van der Waals surface area contributed by atoms with E-state index in [0.717, 1.165) is 36.5 Å². The molecule has 1 unspecified atom stereocenters. The summed E-state index contributed by atoms with van der Waals surface area (Å²) in [5.41, 5.74) is 8.51. The van der Waals surface area contributed by atoms with Crippen LogP contribution in [0.15, 0.2) is 42.5 Å². The third kappa shape index (κ3) is 3.31. The lowest BCUT2D eigenvalue weighted by atomic mass is 9.99. The molecule has 1 aliphatic rings. The van der Waals surface area contributed by atoms with Crippen molar-refractivity contribution in [3.8, 4) is 11.5 Å². The quantitative estimate of drug-likeness (QED) is 0.935. The fourth-order valence-corrected chi connectivity index (χ4v) is 2.72. The second-order valence-electron chi connectivity index (χ2n) is 5.16. The molecule has 2 aromatic rings. The molecule has 0 amide bonds. The second-order valence-corrected chi connectivity index (χ2v) is 5.60. The number of nitrogens with two attached hydrogens (primary N) is 1. The molecule has 0 bridgehead atoms. The fraction of sp³-hybridized carbons (Fsp3) is 0.294. The van der Waals surface area contributed by atoms with Gasteiger partial charge >= 0.3 is 0 Å². The van der Waals surface area contributed by atoms with E-state index < -0.39 is 0 Å².